The summed E-state index contributed by atoms with van der Waals surface area (Å²) in [6.07, 6.45) is -1.79. The fourth-order valence-corrected chi connectivity index (χ4v) is 4.26. The molecule has 0 N–H and O–H groups in total. The van der Waals surface area contributed by atoms with Crippen LogP contribution in [0.5, 0.6) is 0 Å². The van der Waals surface area contributed by atoms with Gasteiger partial charge in [0.05, 0.1) is 28.8 Å². The van der Waals surface area contributed by atoms with E-state index < -0.39 is 11.7 Å². The second-order valence-electron chi connectivity index (χ2n) is 7.96. The van der Waals surface area contributed by atoms with Crippen LogP contribution in [0.2, 0.25) is 0 Å². The van der Waals surface area contributed by atoms with Gasteiger partial charge in [-0.1, -0.05) is 24.3 Å². The van der Waals surface area contributed by atoms with Crippen molar-refractivity contribution in [3.05, 3.63) is 77.4 Å². The van der Waals surface area contributed by atoms with Crippen molar-refractivity contribution in [3.63, 3.8) is 0 Å². The van der Waals surface area contributed by atoms with E-state index in [0.29, 0.717) is 11.4 Å². The smallest absolute Gasteiger partial charge is 0.327 e. The van der Waals surface area contributed by atoms with Gasteiger partial charge in [0.15, 0.2) is 5.82 Å². The van der Waals surface area contributed by atoms with Crippen LogP contribution >= 0.6 is 0 Å². The molecule has 2 aromatic carbocycles. The van der Waals surface area contributed by atoms with Gasteiger partial charge in [0, 0.05) is 43.4 Å². The summed E-state index contributed by atoms with van der Waals surface area (Å²) >= 11 is 0. The number of hydrogen-bond donors (Lipinski definition) is 0. The minimum Gasteiger partial charge on any atom is -0.327 e. The van der Waals surface area contributed by atoms with Gasteiger partial charge in [0.25, 0.3) is 0 Å². The van der Waals surface area contributed by atoms with Gasteiger partial charge in [0.2, 0.25) is 0 Å². The normalized spacial score (nSPS) is 14.6. The highest BCUT2D eigenvalue weighted by molar-refractivity contribution is 5.75. The molecule has 0 aliphatic carbocycles. The molecular formula is C24H22F3N5. The topological polar surface area (TPSA) is 46.8 Å². The highest BCUT2D eigenvalue weighted by Crippen LogP contribution is 2.31. The molecular weight excluding hydrogens is 415 g/mol. The minimum atomic E-state index is -4.35. The van der Waals surface area contributed by atoms with E-state index in [2.05, 4.69) is 32.4 Å². The van der Waals surface area contributed by atoms with E-state index in [-0.39, 0.29) is 0 Å². The molecule has 0 saturated heterocycles. The summed E-state index contributed by atoms with van der Waals surface area (Å²) in [6.45, 7) is 5.28. The number of fused-ring (bicyclic) bond motifs is 2. The van der Waals surface area contributed by atoms with Crippen molar-refractivity contribution in [3.8, 4) is 11.4 Å². The molecule has 0 unspecified atom stereocenters. The summed E-state index contributed by atoms with van der Waals surface area (Å²) in [5.41, 5.74) is 4.06. The number of benzene rings is 2. The minimum absolute atomic E-state index is 0.457. The van der Waals surface area contributed by atoms with E-state index in [1.165, 1.54) is 12.1 Å². The fourth-order valence-electron chi connectivity index (χ4n) is 4.26. The molecule has 5 rings (SSSR count). The summed E-state index contributed by atoms with van der Waals surface area (Å²) < 4.78 is 40.7. The van der Waals surface area contributed by atoms with E-state index in [1.807, 2.05) is 18.2 Å². The first-order valence-electron chi connectivity index (χ1n) is 10.6. The Morgan fingerprint density at radius 1 is 1.00 bits per heavy atom. The molecule has 3 heterocycles. The van der Waals surface area contributed by atoms with Gasteiger partial charge in [-0.2, -0.15) is 13.2 Å². The number of nitrogens with zero attached hydrogens (tertiary/aromatic N) is 5. The summed E-state index contributed by atoms with van der Waals surface area (Å²) in [5, 5.41) is 0. The standard InChI is InChI=1S/C24H22F3N5/c1-2-32-21-6-4-3-5-20(21)29-22(32)15-31-12-11-19-17(14-31)13-28-23(30-19)16-7-9-18(10-8-16)24(25,26)27/h3-10,13H,2,11-12,14-15H2,1H3. The van der Waals surface area contributed by atoms with Crippen LogP contribution in [0.3, 0.4) is 0 Å². The number of aryl methyl sites for hydroxylation is 1. The van der Waals surface area contributed by atoms with Crippen molar-refractivity contribution in [1.29, 1.82) is 0 Å². The lowest BCUT2D eigenvalue weighted by atomic mass is 10.1. The third-order valence-electron chi connectivity index (χ3n) is 5.90. The number of alkyl halides is 3. The maximum absolute atomic E-state index is 12.8. The van der Waals surface area contributed by atoms with Crippen molar-refractivity contribution >= 4 is 11.0 Å². The fraction of sp³-hybridized carbons (Fsp3) is 0.292. The van der Waals surface area contributed by atoms with Gasteiger partial charge in [-0.25, -0.2) is 15.0 Å². The van der Waals surface area contributed by atoms with Gasteiger partial charge in [-0.05, 0) is 31.2 Å². The van der Waals surface area contributed by atoms with Crippen LogP contribution in [0, 0.1) is 0 Å². The Morgan fingerprint density at radius 2 is 1.78 bits per heavy atom. The Morgan fingerprint density at radius 3 is 2.53 bits per heavy atom. The Bertz CT molecular complexity index is 1260. The zero-order chi connectivity index (χ0) is 22.3. The van der Waals surface area contributed by atoms with Crippen LogP contribution in [0.4, 0.5) is 13.2 Å². The van der Waals surface area contributed by atoms with Crippen LogP contribution in [0.1, 0.15) is 29.6 Å². The van der Waals surface area contributed by atoms with E-state index in [4.69, 9.17) is 4.98 Å². The molecule has 0 bridgehead atoms. The lowest BCUT2D eigenvalue weighted by molar-refractivity contribution is -0.137. The molecule has 0 spiro atoms. The van der Waals surface area contributed by atoms with E-state index in [1.54, 1.807) is 6.20 Å². The molecule has 2 aromatic heterocycles. The lowest BCUT2D eigenvalue weighted by Crippen LogP contribution is -2.32. The highest BCUT2D eigenvalue weighted by atomic mass is 19.4. The molecule has 0 atom stereocenters. The SMILES string of the molecule is CCn1c(CN2CCc3nc(-c4ccc(C(F)(F)F)cc4)ncc3C2)nc2ccccc21. The molecule has 0 amide bonds. The number of hydrogen-bond acceptors (Lipinski definition) is 4. The first kappa shape index (κ1) is 20.6. The predicted molar refractivity (Wildman–Crippen MR) is 116 cm³/mol. The quantitative estimate of drug-likeness (QED) is 0.446. The predicted octanol–water partition coefficient (Wildman–Crippen LogP) is 5.09. The summed E-state index contributed by atoms with van der Waals surface area (Å²) in [6, 6.07) is 13.2. The first-order valence-corrected chi connectivity index (χ1v) is 10.6. The summed E-state index contributed by atoms with van der Waals surface area (Å²) in [7, 11) is 0. The van der Waals surface area contributed by atoms with E-state index in [9.17, 15) is 13.2 Å². The molecule has 0 radical (unpaired) electrons. The summed E-state index contributed by atoms with van der Waals surface area (Å²) in [5.74, 6) is 1.50. The molecule has 1 aliphatic rings. The Balaban J connectivity index is 1.34. The second kappa shape index (κ2) is 8.02. The first-order chi connectivity index (χ1) is 15.4. The third kappa shape index (κ3) is 3.86. The number of imidazole rings is 1. The Labute approximate surface area is 183 Å². The molecule has 1 aliphatic heterocycles. The lowest BCUT2D eigenvalue weighted by Gasteiger charge is -2.27. The number of aromatic nitrogens is 4. The van der Waals surface area contributed by atoms with Crippen molar-refractivity contribution in [2.24, 2.45) is 0 Å². The van der Waals surface area contributed by atoms with Crippen molar-refractivity contribution in [2.45, 2.75) is 39.2 Å². The van der Waals surface area contributed by atoms with Gasteiger partial charge in [0.1, 0.15) is 5.82 Å². The summed E-state index contributed by atoms with van der Waals surface area (Å²) in [4.78, 5) is 16.2. The molecule has 0 fully saturated rings. The van der Waals surface area contributed by atoms with Gasteiger partial charge in [-0.15, -0.1) is 0 Å². The third-order valence-corrected chi connectivity index (χ3v) is 5.90. The van der Waals surface area contributed by atoms with E-state index in [0.717, 1.165) is 72.8 Å². The molecule has 4 aromatic rings. The molecule has 164 valence electrons. The van der Waals surface area contributed by atoms with E-state index >= 15 is 0 Å². The van der Waals surface area contributed by atoms with Crippen molar-refractivity contribution in [2.75, 3.05) is 6.54 Å². The number of rotatable bonds is 4. The van der Waals surface area contributed by atoms with Gasteiger partial charge >= 0.3 is 6.18 Å². The van der Waals surface area contributed by atoms with Crippen LogP contribution in [0.15, 0.2) is 54.7 Å². The average Bonchev–Trinajstić information content (AvgIpc) is 3.15. The molecule has 8 heteroatoms. The Hall–Kier alpha value is -3.26. The maximum Gasteiger partial charge on any atom is 0.416 e. The van der Waals surface area contributed by atoms with Gasteiger partial charge < -0.3 is 4.57 Å². The van der Waals surface area contributed by atoms with Crippen LogP contribution in [-0.4, -0.2) is 31.0 Å². The monoisotopic (exact) mass is 437 g/mol. The maximum atomic E-state index is 12.8. The Kier molecular flexibility index (Phi) is 5.17. The molecule has 5 nitrogen and oxygen atoms in total. The molecule has 0 saturated carbocycles. The number of halogens is 3. The van der Waals surface area contributed by atoms with Crippen LogP contribution in [-0.2, 0) is 32.2 Å². The highest BCUT2D eigenvalue weighted by Gasteiger charge is 2.30. The largest absolute Gasteiger partial charge is 0.416 e. The van der Waals surface area contributed by atoms with Gasteiger partial charge in [-0.3, -0.25) is 4.90 Å². The van der Waals surface area contributed by atoms with Crippen LogP contribution in [0.25, 0.3) is 22.4 Å². The van der Waals surface area contributed by atoms with Crippen LogP contribution < -0.4 is 0 Å². The zero-order valence-electron chi connectivity index (χ0n) is 17.6. The van der Waals surface area contributed by atoms with Crippen molar-refractivity contribution < 1.29 is 13.2 Å². The van der Waals surface area contributed by atoms with Crippen molar-refractivity contribution in [1.82, 2.24) is 24.4 Å². The average molecular weight is 437 g/mol. The second-order valence-corrected chi connectivity index (χ2v) is 7.96. The molecule has 32 heavy (non-hydrogen) atoms. The number of para-hydroxylation sites is 2. The zero-order valence-corrected chi connectivity index (χ0v) is 17.6.